The molecular weight excluding hydrogens is 486 g/mol. The molecule has 178 valence electrons. The Morgan fingerprint density at radius 2 is 1.83 bits per heavy atom. The second kappa shape index (κ2) is 9.41. The number of hydrogen-bond acceptors (Lipinski definition) is 5. The van der Waals surface area contributed by atoms with E-state index in [4.69, 9.17) is 22.1 Å². The van der Waals surface area contributed by atoms with Gasteiger partial charge in [0.2, 0.25) is 0 Å². The Balaban J connectivity index is 1.39. The number of carbonyl (C=O) groups is 1. The van der Waals surface area contributed by atoms with Crippen molar-refractivity contribution in [2.45, 2.75) is 26.0 Å². The lowest BCUT2D eigenvalue weighted by atomic mass is 10.0. The van der Waals surface area contributed by atoms with E-state index in [-0.39, 0.29) is 12.0 Å². The van der Waals surface area contributed by atoms with Crippen molar-refractivity contribution in [3.05, 3.63) is 107 Å². The Kier molecular flexibility index (Phi) is 5.95. The summed E-state index contributed by atoms with van der Waals surface area (Å²) in [5, 5.41) is 4.93. The summed E-state index contributed by atoms with van der Waals surface area (Å²) in [5.74, 6) is 0.848. The maximum absolute atomic E-state index is 13.3. The standard InChI is InChI=1S/C29H23N3O2S2/c1-19-14-22-15-21(12-13-25(22)34-19)27-23(18-32(30-27)24-10-6-3-7-11-24)16-26-28(33)31(29(35)36-26)17-20-8-4-2-5-9-20/h2-13,15-16,18-19H,14,17H2,1H3. The monoisotopic (exact) mass is 509 g/mol. The zero-order valence-corrected chi connectivity index (χ0v) is 21.3. The third-order valence-corrected chi connectivity index (χ3v) is 7.65. The van der Waals surface area contributed by atoms with E-state index in [0.717, 1.165) is 40.2 Å². The maximum Gasteiger partial charge on any atom is 0.266 e. The van der Waals surface area contributed by atoms with Crippen molar-refractivity contribution in [1.82, 2.24) is 14.7 Å². The summed E-state index contributed by atoms with van der Waals surface area (Å²) in [6.07, 6.45) is 4.93. The molecule has 0 aliphatic carbocycles. The molecule has 6 rings (SSSR count). The van der Waals surface area contributed by atoms with E-state index >= 15 is 0 Å². The Bertz CT molecular complexity index is 1500. The number of thiocarbonyl (C=S) groups is 1. The van der Waals surface area contributed by atoms with Crippen LogP contribution >= 0.6 is 24.0 Å². The number of para-hydroxylation sites is 1. The zero-order valence-electron chi connectivity index (χ0n) is 19.6. The second-order valence-corrected chi connectivity index (χ2v) is 10.6. The number of amides is 1. The number of fused-ring (bicyclic) bond motifs is 1. The number of carbonyl (C=O) groups excluding carboxylic acids is 1. The third-order valence-electron chi connectivity index (χ3n) is 6.28. The molecule has 0 saturated carbocycles. The molecule has 0 radical (unpaired) electrons. The lowest BCUT2D eigenvalue weighted by Crippen LogP contribution is -2.27. The minimum atomic E-state index is -0.0801. The highest BCUT2D eigenvalue weighted by Gasteiger charge is 2.32. The van der Waals surface area contributed by atoms with Crippen LogP contribution in [0.2, 0.25) is 0 Å². The van der Waals surface area contributed by atoms with Gasteiger partial charge < -0.3 is 4.74 Å². The van der Waals surface area contributed by atoms with E-state index in [9.17, 15) is 4.79 Å². The second-order valence-electron chi connectivity index (χ2n) is 8.92. The van der Waals surface area contributed by atoms with Gasteiger partial charge in [-0.3, -0.25) is 9.69 Å². The van der Waals surface area contributed by atoms with Crippen molar-refractivity contribution in [3.8, 4) is 22.7 Å². The zero-order chi connectivity index (χ0) is 24.6. The van der Waals surface area contributed by atoms with Crippen molar-refractivity contribution >= 4 is 40.3 Å². The first-order valence-electron chi connectivity index (χ1n) is 11.8. The van der Waals surface area contributed by atoms with Crippen molar-refractivity contribution < 1.29 is 9.53 Å². The molecule has 1 aromatic heterocycles. The van der Waals surface area contributed by atoms with Crippen molar-refractivity contribution in [2.24, 2.45) is 0 Å². The summed E-state index contributed by atoms with van der Waals surface area (Å²) in [6.45, 7) is 2.54. The van der Waals surface area contributed by atoms with Crippen LogP contribution in [-0.2, 0) is 17.8 Å². The number of aromatic nitrogens is 2. The number of hydrogen-bond donors (Lipinski definition) is 0. The summed E-state index contributed by atoms with van der Waals surface area (Å²) in [4.78, 5) is 15.6. The van der Waals surface area contributed by atoms with E-state index in [0.29, 0.717) is 15.8 Å². The topological polar surface area (TPSA) is 47.4 Å². The summed E-state index contributed by atoms with van der Waals surface area (Å²) >= 11 is 6.91. The molecule has 0 N–H and O–H groups in total. The van der Waals surface area contributed by atoms with E-state index in [1.807, 2.05) is 89.8 Å². The molecule has 1 amide bonds. The molecule has 1 unspecified atom stereocenters. The van der Waals surface area contributed by atoms with Crippen molar-refractivity contribution in [2.75, 3.05) is 0 Å². The fraction of sp³-hybridized carbons (Fsp3) is 0.138. The Hall–Kier alpha value is -3.68. The SMILES string of the molecule is CC1Cc2cc(-c3nn(-c4ccccc4)cc3C=C3SC(=S)N(Cc4ccccc4)C3=O)ccc2O1. The number of thioether (sulfide) groups is 1. The van der Waals surface area contributed by atoms with E-state index in [1.54, 1.807) is 4.90 Å². The average Bonchev–Trinajstić information content (AvgIpc) is 3.56. The van der Waals surface area contributed by atoms with Gasteiger partial charge in [-0.2, -0.15) is 5.10 Å². The first kappa shape index (κ1) is 22.8. The predicted octanol–water partition coefficient (Wildman–Crippen LogP) is 6.26. The first-order chi connectivity index (χ1) is 17.5. The van der Waals surface area contributed by atoms with Crippen LogP contribution in [0.5, 0.6) is 5.75 Å². The molecule has 3 heterocycles. The van der Waals surface area contributed by atoms with Crippen LogP contribution in [0.25, 0.3) is 23.0 Å². The lowest BCUT2D eigenvalue weighted by molar-refractivity contribution is -0.122. The number of nitrogens with zero attached hydrogens (tertiary/aromatic N) is 3. The summed E-state index contributed by atoms with van der Waals surface area (Å²) in [5.41, 5.74) is 5.84. The highest BCUT2D eigenvalue weighted by Crippen LogP contribution is 2.37. The van der Waals surface area contributed by atoms with Crippen molar-refractivity contribution in [3.63, 3.8) is 0 Å². The van der Waals surface area contributed by atoms with Crippen LogP contribution < -0.4 is 4.74 Å². The van der Waals surface area contributed by atoms with Gasteiger partial charge in [0.15, 0.2) is 0 Å². The van der Waals surface area contributed by atoms with Crippen LogP contribution in [0.4, 0.5) is 0 Å². The molecular formula is C29H23N3O2S2. The average molecular weight is 510 g/mol. The van der Waals surface area contributed by atoms with Gasteiger partial charge in [-0.15, -0.1) is 0 Å². The highest BCUT2D eigenvalue weighted by atomic mass is 32.2. The molecule has 3 aromatic carbocycles. The lowest BCUT2D eigenvalue weighted by Gasteiger charge is -2.14. The molecule has 2 aliphatic heterocycles. The van der Waals surface area contributed by atoms with Gasteiger partial charge in [0.1, 0.15) is 21.9 Å². The minimum absolute atomic E-state index is 0.0801. The third kappa shape index (κ3) is 4.36. The molecule has 1 atom stereocenters. The fourth-order valence-corrected chi connectivity index (χ4v) is 5.79. The molecule has 1 saturated heterocycles. The quantitative estimate of drug-likeness (QED) is 0.235. The summed E-state index contributed by atoms with van der Waals surface area (Å²) < 4.78 is 8.32. The van der Waals surface area contributed by atoms with Crippen LogP contribution in [0.15, 0.2) is 90.0 Å². The highest BCUT2D eigenvalue weighted by molar-refractivity contribution is 8.26. The largest absolute Gasteiger partial charge is 0.490 e. The van der Waals surface area contributed by atoms with Crippen LogP contribution in [0.1, 0.15) is 23.6 Å². The van der Waals surface area contributed by atoms with Gasteiger partial charge in [0.25, 0.3) is 5.91 Å². The van der Waals surface area contributed by atoms with Gasteiger partial charge in [-0.05, 0) is 54.5 Å². The summed E-state index contributed by atoms with van der Waals surface area (Å²) in [6, 6.07) is 26.1. The first-order valence-corrected chi connectivity index (χ1v) is 13.0. The molecule has 4 aromatic rings. The Morgan fingerprint density at radius 1 is 1.08 bits per heavy atom. The van der Waals surface area contributed by atoms with Gasteiger partial charge in [-0.1, -0.05) is 72.5 Å². The van der Waals surface area contributed by atoms with Crippen LogP contribution in [0, 0.1) is 0 Å². The molecule has 5 nitrogen and oxygen atoms in total. The molecule has 7 heteroatoms. The van der Waals surface area contributed by atoms with Crippen LogP contribution in [0.3, 0.4) is 0 Å². The van der Waals surface area contributed by atoms with Gasteiger partial charge in [-0.25, -0.2) is 4.68 Å². The van der Waals surface area contributed by atoms with Crippen LogP contribution in [-0.4, -0.2) is 31.0 Å². The molecule has 0 spiro atoms. The fourth-order valence-electron chi connectivity index (χ4n) is 4.54. The number of ether oxygens (including phenoxy) is 1. The Morgan fingerprint density at radius 3 is 2.61 bits per heavy atom. The molecule has 1 fully saturated rings. The summed E-state index contributed by atoms with van der Waals surface area (Å²) in [7, 11) is 0. The van der Waals surface area contributed by atoms with E-state index in [1.165, 1.54) is 17.3 Å². The molecule has 2 aliphatic rings. The number of rotatable bonds is 5. The minimum Gasteiger partial charge on any atom is -0.490 e. The predicted molar refractivity (Wildman–Crippen MR) is 148 cm³/mol. The van der Waals surface area contributed by atoms with Gasteiger partial charge >= 0.3 is 0 Å². The van der Waals surface area contributed by atoms with E-state index in [2.05, 4.69) is 13.0 Å². The maximum atomic E-state index is 13.3. The van der Waals surface area contributed by atoms with Crippen molar-refractivity contribution in [1.29, 1.82) is 0 Å². The Labute approximate surface area is 219 Å². The molecule has 36 heavy (non-hydrogen) atoms. The normalized spacial score (nSPS) is 18.1. The molecule has 0 bridgehead atoms. The van der Waals surface area contributed by atoms with E-state index < -0.39 is 0 Å². The van der Waals surface area contributed by atoms with Gasteiger partial charge in [0, 0.05) is 23.7 Å². The number of benzene rings is 3. The van der Waals surface area contributed by atoms with Gasteiger partial charge in [0.05, 0.1) is 17.1 Å². The smallest absolute Gasteiger partial charge is 0.266 e.